The summed E-state index contributed by atoms with van der Waals surface area (Å²) in [7, 11) is 0. The molecule has 96 valence electrons. The third-order valence-corrected chi connectivity index (χ3v) is 2.47. The van der Waals surface area contributed by atoms with Crippen molar-refractivity contribution in [2.45, 2.75) is 6.92 Å². The van der Waals surface area contributed by atoms with Crippen LogP contribution in [0.3, 0.4) is 0 Å². The largest absolute Gasteiger partial charge is 0.384 e. The molecule has 1 amide bonds. The van der Waals surface area contributed by atoms with Crippen LogP contribution in [0.25, 0.3) is 0 Å². The van der Waals surface area contributed by atoms with E-state index in [0.717, 1.165) is 0 Å². The quantitative estimate of drug-likeness (QED) is 0.800. The molecule has 0 bridgehead atoms. The second kappa shape index (κ2) is 5.85. The van der Waals surface area contributed by atoms with Gasteiger partial charge in [0.15, 0.2) is 0 Å². The zero-order chi connectivity index (χ0) is 13.7. The number of nitrogens with one attached hydrogen (secondary N) is 1. The molecule has 0 aliphatic rings. The van der Waals surface area contributed by atoms with Gasteiger partial charge in [-0.15, -0.1) is 0 Å². The molecule has 1 aromatic heterocycles. The zero-order valence-corrected chi connectivity index (χ0v) is 10.3. The zero-order valence-electron chi connectivity index (χ0n) is 10.3. The minimum Gasteiger partial charge on any atom is -0.384 e. The highest BCUT2D eigenvalue weighted by Crippen LogP contribution is 2.16. The number of anilines is 1. The molecular weight excluding hydrogens is 244 g/mol. The molecule has 1 heterocycles. The number of nitrogens with zero attached hydrogens (tertiary/aromatic N) is 1. The summed E-state index contributed by atoms with van der Waals surface area (Å²) >= 11 is 0. The Morgan fingerprint density at radius 1 is 1.47 bits per heavy atom. The molecule has 0 aliphatic heterocycles. The molecule has 2 N–H and O–H groups in total. The van der Waals surface area contributed by atoms with Gasteiger partial charge in [-0.1, -0.05) is 29.1 Å². The van der Waals surface area contributed by atoms with Crippen molar-refractivity contribution < 1.29 is 14.4 Å². The molecule has 0 saturated carbocycles. The van der Waals surface area contributed by atoms with Gasteiger partial charge in [-0.2, -0.15) is 0 Å². The van der Waals surface area contributed by atoms with Crippen molar-refractivity contribution in [1.29, 1.82) is 0 Å². The fourth-order valence-electron chi connectivity index (χ4n) is 1.54. The lowest BCUT2D eigenvalue weighted by Crippen LogP contribution is -2.13. The summed E-state index contributed by atoms with van der Waals surface area (Å²) in [6, 6.07) is 7.10. The van der Waals surface area contributed by atoms with E-state index in [1.54, 1.807) is 25.1 Å². The number of rotatable bonds is 2. The average molecular weight is 256 g/mol. The Labute approximate surface area is 110 Å². The normalized spacial score (nSPS) is 9.58. The maximum atomic E-state index is 12.0. The highest BCUT2D eigenvalue weighted by Gasteiger charge is 2.13. The Morgan fingerprint density at radius 3 is 2.95 bits per heavy atom. The second-order valence-corrected chi connectivity index (χ2v) is 3.76. The highest BCUT2D eigenvalue weighted by molar-refractivity contribution is 6.05. The van der Waals surface area contributed by atoms with Crippen molar-refractivity contribution in [3.63, 3.8) is 0 Å². The molecule has 0 atom stereocenters. The van der Waals surface area contributed by atoms with E-state index < -0.39 is 0 Å². The van der Waals surface area contributed by atoms with E-state index in [2.05, 4.69) is 22.3 Å². The van der Waals surface area contributed by atoms with Crippen molar-refractivity contribution in [2.75, 3.05) is 11.9 Å². The first-order valence-corrected chi connectivity index (χ1v) is 5.63. The summed E-state index contributed by atoms with van der Waals surface area (Å²) in [5, 5.41) is 15.0. The maximum absolute atomic E-state index is 12.0. The first-order chi connectivity index (χ1) is 9.22. The van der Waals surface area contributed by atoms with Gasteiger partial charge in [0.1, 0.15) is 17.9 Å². The van der Waals surface area contributed by atoms with Crippen molar-refractivity contribution in [1.82, 2.24) is 5.16 Å². The monoisotopic (exact) mass is 256 g/mol. The molecule has 0 aliphatic carbocycles. The summed E-state index contributed by atoms with van der Waals surface area (Å²) in [6.07, 6.45) is 1.37. The van der Waals surface area contributed by atoms with Crippen LogP contribution in [0.5, 0.6) is 0 Å². The van der Waals surface area contributed by atoms with Gasteiger partial charge in [0, 0.05) is 5.56 Å². The number of amides is 1. The Hall–Kier alpha value is -2.58. The van der Waals surface area contributed by atoms with E-state index >= 15 is 0 Å². The SMILES string of the molecule is Cc1oncc1C(=O)Nc1ccccc1C#CCO. The van der Waals surface area contributed by atoms with Crippen LogP contribution in [-0.4, -0.2) is 22.8 Å². The number of aromatic nitrogens is 1. The summed E-state index contributed by atoms with van der Waals surface area (Å²) in [6.45, 7) is 1.44. The van der Waals surface area contributed by atoms with Gasteiger partial charge in [0.25, 0.3) is 5.91 Å². The van der Waals surface area contributed by atoms with Crippen LogP contribution in [0.15, 0.2) is 35.0 Å². The summed E-state index contributed by atoms with van der Waals surface area (Å²) in [5.41, 5.74) is 1.60. The topological polar surface area (TPSA) is 75.4 Å². The molecule has 19 heavy (non-hydrogen) atoms. The number of aliphatic hydroxyl groups is 1. The summed E-state index contributed by atoms with van der Waals surface area (Å²) in [4.78, 5) is 12.0. The number of hydrogen-bond acceptors (Lipinski definition) is 4. The molecule has 2 aromatic rings. The van der Waals surface area contributed by atoms with E-state index in [-0.39, 0.29) is 12.5 Å². The molecule has 0 saturated heterocycles. The number of benzene rings is 1. The van der Waals surface area contributed by atoms with Gasteiger partial charge >= 0.3 is 0 Å². The van der Waals surface area contributed by atoms with Crippen molar-refractivity contribution in [2.24, 2.45) is 0 Å². The first kappa shape index (κ1) is 12.9. The molecule has 5 heteroatoms. The van der Waals surface area contributed by atoms with Gasteiger partial charge in [0.2, 0.25) is 0 Å². The van der Waals surface area contributed by atoms with Gasteiger partial charge in [0.05, 0.1) is 11.9 Å². The van der Waals surface area contributed by atoms with Crippen molar-refractivity contribution in [3.8, 4) is 11.8 Å². The van der Waals surface area contributed by atoms with E-state index in [1.165, 1.54) is 6.20 Å². The number of hydrogen-bond donors (Lipinski definition) is 2. The maximum Gasteiger partial charge on any atom is 0.260 e. The van der Waals surface area contributed by atoms with Crippen molar-refractivity contribution in [3.05, 3.63) is 47.3 Å². The number of carbonyl (C=O) groups excluding carboxylic acids is 1. The lowest BCUT2D eigenvalue weighted by molar-refractivity contribution is 0.102. The van der Waals surface area contributed by atoms with Crippen LogP contribution in [0.1, 0.15) is 21.7 Å². The molecule has 2 rings (SSSR count). The highest BCUT2D eigenvalue weighted by atomic mass is 16.5. The van der Waals surface area contributed by atoms with Crippen LogP contribution in [0.4, 0.5) is 5.69 Å². The van der Waals surface area contributed by atoms with Crippen LogP contribution >= 0.6 is 0 Å². The number of para-hydroxylation sites is 1. The number of aliphatic hydroxyl groups excluding tert-OH is 1. The Morgan fingerprint density at radius 2 is 2.26 bits per heavy atom. The third-order valence-electron chi connectivity index (χ3n) is 2.47. The van der Waals surface area contributed by atoms with E-state index in [4.69, 9.17) is 9.63 Å². The van der Waals surface area contributed by atoms with Crippen LogP contribution in [-0.2, 0) is 0 Å². The van der Waals surface area contributed by atoms with Gasteiger partial charge in [-0.3, -0.25) is 4.79 Å². The molecule has 0 fully saturated rings. The van der Waals surface area contributed by atoms with E-state index in [9.17, 15) is 4.79 Å². The molecular formula is C14H12N2O3. The smallest absolute Gasteiger partial charge is 0.260 e. The molecule has 1 aromatic carbocycles. The van der Waals surface area contributed by atoms with Gasteiger partial charge in [-0.05, 0) is 19.1 Å². The fraction of sp³-hybridized carbons (Fsp3) is 0.143. The molecule has 0 unspecified atom stereocenters. The minimum absolute atomic E-state index is 0.229. The predicted molar refractivity (Wildman–Crippen MR) is 69.6 cm³/mol. The van der Waals surface area contributed by atoms with Crippen LogP contribution in [0.2, 0.25) is 0 Å². The number of carbonyl (C=O) groups is 1. The predicted octanol–water partition coefficient (Wildman–Crippen LogP) is 1.58. The average Bonchev–Trinajstić information content (AvgIpc) is 2.84. The molecule has 5 nitrogen and oxygen atoms in total. The second-order valence-electron chi connectivity index (χ2n) is 3.76. The minimum atomic E-state index is -0.308. The Balaban J connectivity index is 2.24. The lowest BCUT2D eigenvalue weighted by atomic mass is 10.1. The third kappa shape index (κ3) is 3.00. The number of aryl methyl sites for hydroxylation is 1. The van der Waals surface area contributed by atoms with E-state index in [1.807, 2.05) is 6.07 Å². The Bertz CT molecular complexity index is 650. The lowest BCUT2D eigenvalue weighted by Gasteiger charge is -2.06. The standard InChI is InChI=1S/C14H12N2O3/c1-10-12(9-15-19-10)14(18)16-13-7-3-2-5-11(13)6-4-8-17/h2-3,5,7,9,17H,8H2,1H3,(H,16,18). The molecule has 0 spiro atoms. The van der Waals surface area contributed by atoms with Gasteiger partial charge in [-0.25, -0.2) is 0 Å². The first-order valence-electron chi connectivity index (χ1n) is 5.63. The van der Waals surface area contributed by atoms with E-state index in [0.29, 0.717) is 22.6 Å². The van der Waals surface area contributed by atoms with Crippen LogP contribution < -0.4 is 5.32 Å². The summed E-state index contributed by atoms with van der Waals surface area (Å²) in [5.74, 6) is 5.47. The Kier molecular flexibility index (Phi) is 3.96. The summed E-state index contributed by atoms with van der Waals surface area (Å²) < 4.78 is 4.85. The van der Waals surface area contributed by atoms with Crippen LogP contribution in [0, 0.1) is 18.8 Å². The fourth-order valence-corrected chi connectivity index (χ4v) is 1.54. The molecule has 0 radical (unpaired) electrons. The van der Waals surface area contributed by atoms with Crippen molar-refractivity contribution >= 4 is 11.6 Å². The van der Waals surface area contributed by atoms with Gasteiger partial charge < -0.3 is 14.9 Å².